The van der Waals surface area contributed by atoms with Crippen molar-refractivity contribution in [2.45, 2.75) is 31.7 Å². The van der Waals surface area contributed by atoms with Crippen LogP contribution in [-0.4, -0.2) is 47.6 Å². The van der Waals surface area contributed by atoms with Gasteiger partial charge in [-0.1, -0.05) is 84.0 Å². The number of methoxy groups -OCH3 is 1. The van der Waals surface area contributed by atoms with Crippen LogP contribution in [0, 0.1) is 0 Å². The number of carbonyl (C=O) groups is 1. The molecule has 1 saturated heterocycles. The fraction of sp³-hybridized carbons (Fsp3) is 0.235. The van der Waals surface area contributed by atoms with Crippen LogP contribution in [0.15, 0.2) is 102 Å². The molecule has 8 heteroatoms. The normalized spacial score (nSPS) is 16.8. The molecule has 0 aliphatic carbocycles. The maximum Gasteiger partial charge on any atom is 0.407 e. The molecule has 0 saturated carbocycles. The second-order valence-electron chi connectivity index (χ2n) is 10.4. The molecule has 0 spiro atoms. The number of ether oxygens (including phenoxy) is 3. The van der Waals surface area contributed by atoms with Crippen LogP contribution in [0.25, 0.3) is 22.0 Å². The molecule has 2 unspecified atom stereocenters. The summed E-state index contributed by atoms with van der Waals surface area (Å²) in [6, 6.07) is 31.8. The molecule has 1 N–H and O–H groups in total. The molecular weight excluding hydrogens is 532 g/mol. The maximum atomic E-state index is 11.8. The number of benzene rings is 4. The first-order valence-electron chi connectivity index (χ1n) is 14.0. The van der Waals surface area contributed by atoms with Gasteiger partial charge >= 0.3 is 6.09 Å². The number of carboxylic acid groups (broad SMARTS) is 1. The van der Waals surface area contributed by atoms with Crippen molar-refractivity contribution in [2.75, 3.05) is 20.2 Å². The smallest absolute Gasteiger partial charge is 0.407 e. The Balaban J connectivity index is 1.14. The van der Waals surface area contributed by atoms with Crippen molar-refractivity contribution in [3.63, 3.8) is 0 Å². The minimum absolute atomic E-state index is 0.0313. The fourth-order valence-corrected chi connectivity index (χ4v) is 5.57. The molecule has 5 aromatic rings. The Hall–Kier alpha value is -4.82. The lowest BCUT2D eigenvalue weighted by atomic mass is 9.87. The molecule has 2 heterocycles. The first kappa shape index (κ1) is 27.4. The number of fused-ring (bicyclic) bond motifs is 1. The zero-order chi connectivity index (χ0) is 28.9. The van der Waals surface area contributed by atoms with Gasteiger partial charge in [0.15, 0.2) is 5.76 Å². The van der Waals surface area contributed by atoms with Gasteiger partial charge in [0, 0.05) is 35.0 Å². The van der Waals surface area contributed by atoms with Crippen LogP contribution in [0.2, 0.25) is 0 Å². The van der Waals surface area contributed by atoms with Crippen LogP contribution >= 0.6 is 0 Å². The Morgan fingerprint density at radius 3 is 2.55 bits per heavy atom. The Morgan fingerprint density at radius 2 is 1.76 bits per heavy atom. The topological polar surface area (TPSA) is 94.3 Å². The number of piperidine rings is 1. The van der Waals surface area contributed by atoms with Gasteiger partial charge in [0.2, 0.25) is 0 Å². The summed E-state index contributed by atoms with van der Waals surface area (Å²) < 4.78 is 23.6. The minimum Gasteiger partial charge on any atom is -0.496 e. The van der Waals surface area contributed by atoms with E-state index in [1.165, 1.54) is 4.90 Å². The van der Waals surface area contributed by atoms with Gasteiger partial charge in [0.1, 0.15) is 23.8 Å². The van der Waals surface area contributed by atoms with Crippen molar-refractivity contribution in [3.8, 4) is 22.8 Å². The molecule has 1 fully saturated rings. The minimum atomic E-state index is -0.933. The van der Waals surface area contributed by atoms with Crippen LogP contribution in [0.1, 0.15) is 29.2 Å². The van der Waals surface area contributed by atoms with E-state index in [2.05, 4.69) is 11.2 Å². The summed E-state index contributed by atoms with van der Waals surface area (Å²) in [7, 11) is 1.66. The number of hydrogen-bond donors (Lipinski definition) is 1. The van der Waals surface area contributed by atoms with Crippen molar-refractivity contribution in [1.82, 2.24) is 10.1 Å². The van der Waals surface area contributed by atoms with Crippen LogP contribution in [0.5, 0.6) is 11.5 Å². The molecule has 42 heavy (non-hydrogen) atoms. The molecule has 2 atom stereocenters. The highest BCUT2D eigenvalue weighted by Crippen LogP contribution is 2.35. The van der Waals surface area contributed by atoms with E-state index in [-0.39, 0.29) is 18.6 Å². The van der Waals surface area contributed by atoms with E-state index >= 15 is 0 Å². The summed E-state index contributed by atoms with van der Waals surface area (Å²) in [6.07, 6.45) is -0.591. The number of amides is 1. The molecule has 0 bridgehead atoms. The Kier molecular flexibility index (Phi) is 8.05. The lowest BCUT2D eigenvalue weighted by Gasteiger charge is -2.37. The molecule has 1 aromatic heterocycles. The van der Waals surface area contributed by atoms with Crippen LogP contribution in [-0.2, 0) is 18.0 Å². The third kappa shape index (κ3) is 5.94. The summed E-state index contributed by atoms with van der Waals surface area (Å²) in [5, 5.41) is 15.9. The third-order valence-electron chi connectivity index (χ3n) is 7.77. The standard InChI is InChI=1S/C34H32N2O6/c1-39-33-26(12-11-23-7-5-6-10-30(23)33)21-41-32-20-36(34(37)38)18-17-29(32)24-13-15-27(16-14-24)40-22-28-19-31(35-42-28)25-8-3-2-4-9-25/h2-16,19,29,32H,17-18,20-22H2,1H3,(H,37,38). The number of hydrogen-bond acceptors (Lipinski definition) is 6. The van der Waals surface area contributed by atoms with Crippen molar-refractivity contribution in [1.29, 1.82) is 0 Å². The average Bonchev–Trinajstić information content (AvgIpc) is 3.52. The summed E-state index contributed by atoms with van der Waals surface area (Å²) in [5.41, 5.74) is 3.76. The van der Waals surface area contributed by atoms with Crippen molar-refractivity contribution in [3.05, 3.63) is 114 Å². The van der Waals surface area contributed by atoms with E-state index in [0.29, 0.717) is 37.6 Å². The molecule has 214 valence electrons. The maximum absolute atomic E-state index is 11.8. The van der Waals surface area contributed by atoms with Crippen molar-refractivity contribution >= 4 is 16.9 Å². The van der Waals surface area contributed by atoms with Gasteiger partial charge in [-0.05, 0) is 29.5 Å². The molecule has 6 rings (SSSR count). The van der Waals surface area contributed by atoms with Gasteiger partial charge in [0.25, 0.3) is 0 Å². The van der Waals surface area contributed by atoms with Gasteiger partial charge in [-0.2, -0.15) is 0 Å². The van der Waals surface area contributed by atoms with Crippen LogP contribution < -0.4 is 9.47 Å². The van der Waals surface area contributed by atoms with Gasteiger partial charge in [-0.25, -0.2) is 4.79 Å². The highest BCUT2D eigenvalue weighted by molar-refractivity contribution is 5.89. The summed E-state index contributed by atoms with van der Waals surface area (Å²) in [6.45, 7) is 1.32. The van der Waals surface area contributed by atoms with E-state index in [1.54, 1.807) is 7.11 Å². The lowest BCUT2D eigenvalue weighted by molar-refractivity contribution is -0.0204. The fourth-order valence-electron chi connectivity index (χ4n) is 5.57. The van der Waals surface area contributed by atoms with Gasteiger partial charge in [-0.3, -0.25) is 0 Å². The lowest BCUT2D eigenvalue weighted by Crippen LogP contribution is -2.46. The SMILES string of the molecule is COc1c(COC2CN(C(=O)O)CCC2c2ccc(OCc3cc(-c4ccccc4)no3)cc2)ccc2ccccc12. The summed E-state index contributed by atoms with van der Waals surface area (Å²) in [5.74, 6) is 2.15. The highest BCUT2D eigenvalue weighted by Gasteiger charge is 2.33. The first-order chi connectivity index (χ1) is 20.6. The molecule has 1 aliphatic heterocycles. The van der Waals surface area contributed by atoms with Crippen molar-refractivity contribution in [2.24, 2.45) is 0 Å². The number of aromatic nitrogens is 1. The van der Waals surface area contributed by atoms with Gasteiger partial charge < -0.3 is 28.7 Å². The zero-order valence-electron chi connectivity index (χ0n) is 23.3. The van der Waals surface area contributed by atoms with Crippen LogP contribution in [0.3, 0.4) is 0 Å². The van der Waals surface area contributed by atoms with Gasteiger partial charge in [0.05, 0.1) is 26.4 Å². The van der Waals surface area contributed by atoms with Gasteiger partial charge in [-0.15, -0.1) is 0 Å². The molecule has 1 amide bonds. The third-order valence-corrected chi connectivity index (χ3v) is 7.77. The van der Waals surface area contributed by atoms with Crippen LogP contribution in [0.4, 0.5) is 4.79 Å². The average molecular weight is 565 g/mol. The second-order valence-corrected chi connectivity index (χ2v) is 10.4. The largest absolute Gasteiger partial charge is 0.496 e. The quantitative estimate of drug-likeness (QED) is 0.203. The van der Waals surface area contributed by atoms with E-state index in [1.807, 2.05) is 91.0 Å². The predicted molar refractivity (Wildman–Crippen MR) is 159 cm³/mol. The molecule has 1 aliphatic rings. The molecular formula is C34H32N2O6. The first-order valence-corrected chi connectivity index (χ1v) is 14.0. The van der Waals surface area contributed by atoms with E-state index in [0.717, 1.165) is 38.9 Å². The number of nitrogens with zero attached hydrogens (tertiary/aromatic N) is 2. The number of rotatable bonds is 9. The predicted octanol–water partition coefficient (Wildman–Crippen LogP) is 7.14. The monoisotopic (exact) mass is 564 g/mol. The van der Waals surface area contributed by atoms with E-state index in [9.17, 15) is 9.90 Å². The summed E-state index contributed by atoms with van der Waals surface area (Å²) >= 11 is 0. The van der Waals surface area contributed by atoms with Crippen molar-refractivity contribution < 1.29 is 28.6 Å². The summed E-state index contributed by atoms with van der Waals surface area (Å²) in [4.78, 5) is 13.2. The van der Waals surface area contributed by atoms with E-state index < -0.39 is 6.09 Å². The van der Waals surface area contributed by atoms with E-state index in [4.69, 9.17) is 18.7 Å². The molecule has 4 aromatic carbocycles. The highest BCUT2D eigenvalue weighted by atomic mass is 16.5. The Morgan fingerprint density at radius 1 is 0.976 bits per heavy atom. The number of likely N-dealkylation sites (tertiary alicyclic amines) is 1. The Bertz CT molecular complexity index is 1650. The zero-order valence-corrected chi connectivity index (χ0v) is 23.3. The molecule has 8 nitrogen and oxygen atoms in total. The second kappa shape index (κ2) is 12.4. The molecule has 0 radical (unpaired) electrons. The Labute approximate surface area is 244 Å².